The SMILES string of the molecule is O=C(NCCOc1ccc(F)cc1)C1CCC(=O)N(C2CCCC2)C1. The number of hydrogen-bond acceptors (Lipinski definition) is 3. The summed E-state index contributed by atoms with van der Waals surface area (Å²) in [4.78, 5) is 26.4. The van der Waals surface area contributed by atoms with Gasteiger partial charge in [-0.05, 0) is 43.5 Å². The topological polar surface area (TPSA) is 58.6 Å². The van der Waals surface area contributed by atoms with Crippen LogP contribution in [0.1, 0.15) is 38.5 Å². The number of benzene rings is 1. The Morgan fingerprint density at radius 3 is 2.64 bits per heavy atom. The quantitative estimate of drug-likeness (QED) is 0.804. The molecule has 6 heteroatoms. The molecule has 1 saturated heterocycles. The number of carbonyl (C=O) groups excluding carboxylic acids is 2. The zero-order valence-electron chi connectivity index (χ0n) is 14.4. The third-order valence-corrected chi connectivity index (χ3v) is 5.06. The molecule has 1 heterocycles. The van der Waals surface area contributed by atoms with Gasteiger partial charge in [0.2, 0.25) is 11.8 Å². The predicted molar refractivity (Wildman–Crippen MR) is 91.6 cm³/mol. The lowest BCUT2D eigenvalue weighted by Gasteiger charge is -2.36. The van der Waals surface area contributed by atoms with Gasteiger partial charge < -0.3 is 15.0 Å². The third kappa shape index (κ3) is 4.71. The van der Waals surface area contributed by atoms with Gasteiger partial charge in [-0.15, -0.1) is 0 Å². The van der Waals surface area contributed by atoms with Crippen LogP contribution in [0.15, 0.2) is 24.3 Å². The van der Waals surface area contributed by atoms with Gasteiger partial charge in [0.15, 0.2) is 0 Å². The number of carbonyl (C=O) groups is 2. The summed E-state index contributed by atoms with van der Waals surface area (Å²) in [6, 6.07) is 6.12. The van der Waals surface area contributed by atoms with Crippen molar-refractivity contribution in [2.75, 3.05) is 19.7 Å². The van der Waals surface area contributed by atoms with Gasteiger partial charge >= 0.3 is 0 Å². The number of hydrogen-bond donors (Lipinski definition) is 1. The highest BCUT2D eigenvalue weighted by atomic mass is 19.1. The fourth-order valence-electron chi connectivity index (χ4n) is 3.67. The molecule has 3 rings (SSSR count). The molecular formula is C19H25FN2O3. The molecule has 1 aliphatic carbocycles. The van der Waals surface area contributed by atoms with Crippen LogP contribution in [-0.4, -0.2) is 42.5 Å². The van der Waals surface area contributed by atoms with E-state index in [-0.39, 0.29) is 23.5 Å². The van der Waals surface area contributed by atoms with Crippen LogP contribution in [0.25, 0.3) is 0 Å². The first-order valence-electron chi connectivity index (χ1n) is 9.09. The Hall–Kier alpha value is -2.11. The van der Waals surface area contributed by atoms with E-state index >= 15 is 0 Å². The summed E-state index contributed by atoms with van der Waals surface area (Å²) in [5.74, 6) is 0.309. The lowest BCUT2D eigenvalue weighted by atomic mass is 9.95. The van der Waals surface area contributed by atoms with Crippen molar-refractivity contribution >= 4 is 11.8 Å². The predicted octanol–water partition coefficient (Wildman–Crippen LogP) is 2.50. The summed E-state index contributed by atoms with van der Waals surface area (Å²) >= 11 is 0. The van der Waals surface area contributed by atoms with E-state index in [1.54, 1.807) is 12.1 Å². The van der Waals surface area contributed by atoms with E-state index in [4.69, 9.17) is 4.74 Å². The normalized spacial score (nSPS) is 21.4. The van der Waals surface area contributed by atoms with E-state index in [9.17, 15) is 14.0 Å². The maximum absolute atomic E-state index is 12.8. The average Bonchev–Trinajstić information content (AvgIpc) is 3.15. The van der Waals surface area contributed by atoms with E-state index < -0.39 is 0 Å². The van der Waals surface area contributed by atoms with Crippen molar-refractivity contribution < 1.29 is 18.7 Å². The number of halogens is 1. The summed E-state index contributed by atoms with van der Waals surface area (Å²) < 4.78 is 18.3. The van der Waals surface area contributed by atoms with E-state index in [0.717, 1.165) is 12.8 Å². The van der Waals surface area contributed by atoms with Crippen LogP contribution in [0.3, 0.4) is 0 Å². The highest BCUT2D eigenvalue weighted by Gasteiger charge is 2.34. The van der Waals surface area contributed by atoms with Crippen molar-refractivity contribution in [1.82, 2.24) is 10.2 Å². The number of nitrogens with one attached hydrogen (secondary N) is 1. The number of nitrogens with zero attached hydrogens (tertiary/aromatic N) is 1. The van der Waals surface area contributed by atoms with E-state index in [1.807, 2.05) is 4.90 Å². The van der Waals surface area contributed by atoms with Crippen LogP contribution in [-0.2, 0) is 9.59 Å². The first kappa shape index (κ1) is 17.7. The maximum atomic E-state index is 12.8. The summed E-state index contributed by atoms with van der Waals surface area (Å²) in [7, 11) is 0. The number of amides is 2. The zero-order valence-corrected chi connectivity index (χ0v) is 14.4. The minimum absolute atomic E-state index is 0.0156. The van der Waals surface area contributed by atoms with Gasteiger partial charge in [-0.25, -0.2) is 4.39 Å². The molecule has 1 aliphatic heterocycles. The molecule has 0 bridgehead atoms. The van der Waals surface area contributed by atoms with Crippen molar-refractivity contribution in [3.63, 3.8) is 0 Å². The number of piperidine rings is 1. The lowest BCUT2D eigenvalue weighted by Crippen LogP contribution is -2.49. The Bertz CT molecular complexity index is 599. The van der Waals surface area contributed by atoms with Gasteiger partial charge in [0.25, 0.3) is 0 Å². The molecule has 0 spiro atoms. The molecule has 1 N–H and O–H groups in total. The van der Waals surface area contributed by atoms with Crippen LogP contribution < -0.4 is 10.1 Å². The van der Waals surface area contributed by atoms with Gasteiger partial charge in [0.05, 0.1) is 12.5 Å². The van der Waals surface area contributed by atoms with Gasteiger partial charge in [0.1, 0.15) is 18.2 Å². The molecule has 0 aromatic heterocycles. The highest BCUT2D eigenvalue weighted by molar-refractivity contribution is 5.84. The molecule has 2 aliphatic rings. The van der Waals surface area contributed by atoms with Crippen LogP contribution in [0.5, 0.6) is 5.75 Å². The summed E-state index contributed by atoms with van der Waals surface area (Å²) in [6.45, 7) is 1.26. The summed E-state index contributed by atoms with van der Waals surface area (Å²) in [6.07, 6.45) is 5.54. The van der Waals surface area contributed by atoms with Crippen LogP contribution in [0.2, 0.25) is 0 Å². The van der Waals surface area contributed by atoms with Crippen LogP contribution >= 0.6 is 0 Å². The molecule has 1 atom stereocenters. The first-order valence-corrected chi connectivity index (χ1v) is 9.09. The molecule has 1 unspecified atom stereocenters. The number of likely N-dealkylation sites (tertiary alicyclic amines) is 1. The second kappa shape index (κ2) is 8.32. The Morgan fingerprint density at radius 1 is 1.20 bits per heavy atom. The second-order valence-corrected chi connectivity index (χ2v) is 6.81. The van der Waals surface area contributed by atoms with Gasteiger partial charge in [-0.1, -0.05) is 12.8 Å². The van der Waals surface area contributed by atoms with E-state index in [1.165, 1.54) is 25.0 Å². The summed E-state index contributed by atoms with van der Waals surface area (Å²) in [5, 5.41) is 2.88. The maximum Gasteiger partial charge on any atom is 0.225 e. The lowest BCUT2D eigenvalue weighted by molar-refractivity contribution is -0.140. The molecular weight excluding hydrogens is 323 g/mol. The number of rotatable bonds is 6. The van der Waals surface area contributed by atoms with Crippen LogP contribution in [0.4, 0.5) is 4.39 Å². The van der Waals surface area contributed by atoms with Crippen molar-refractivity contribution in [3.8, 4) is 5.75 Å². The van der Waals surface area contributed by atoms with E-state index in [2.05, 4.69) is 5.32 Å². The molecule has 136 valence electrons. The first-order chi connectivity index (χ1) is 12.1. The minimum atomic E-state index is -0.306. The molecule has 25 heavy (non-hydrogen) atoms. The van der Waals surface area contributed by atoms with Crippen LogP contribution in [0, 0.1) is 11.7 Å². The largest absolute Gasteiger partial charge is 0.492 e. The standard InChI is InChI=1S/C19H25FN2O3/c20-15-6-8-17(9-7-15)25-12-11-21-19(24)14-5-10-18(23)22(13-14)16-3-1-2-4-16/h6-9,14,16H,1-5,10-13H2,(H,21,24). The van der Waals surface area contributed by atoms with Crippen molar-refractivity contribution in [2.24, 2.45) is 5.92 Å². The van der Waals surface area contributed by atoms with Gasteiger partial charge in [-0.2, -0.15) is 0 Å². The molecule has 2 amide bonds. The highest BCUT2D eigenvalue weighted by Crippen LogP contribution is 2.28. The fraction of sp³-hybridized carbons (Fsp3) is 0.579. The van der Waals surface area contributed by atoms with Crippen molar-refractivity contribution in [3.05, 3.63) is 30.1 Å². The Morgan fingerprint density at radius 2 is 1.92 bits per heavy atom. The Labute approximate surface area is 147 Å². The number of ether oxygens (including phenoxy) is 1. The fourth-order valence-corrected chi connectivity index (χ4v) is 3.67. The van der Waals surface area contributed by atoms with Crippen molar-refractivity contribution in [2.45, 2.75) is 44.6 Å². The molecule has 1 aromatic carbocycles. The average molecular weight is 348 g/mol. The van der Waals surface area contributed by atoms with Gasteiger partial charge in [-0.3, -0.25) is 9.59 Å². The monoisotopic (exact) mass is 348 g/mol. The van der Waals surface area contributed by atoms with E-state index in [0.29, 0.717) is 44.3 Å². The molecule has 1 saturated carbocycles. The summed E-state index contributed by atoms with van der Waals surface area (Å²) in [5.41, 5.74) is 0. The molecule has 1 aromatic rings. The third-order valence-electron chi connectivity index (χ3n) is 5.06. The molecule has 2 fully saturated rings. The second-order valence-electron chi connectivity index (χ2n) is 6.81. The molecule has 5 nitrogen and oxygen atoms in total. The smallest absolute Gasteiger partial charge is 0.225 e. The Kier molecular flexibility index (Phi) is 5.89. The van der Waals surface area contributed by atoms with Gasteiger partial charge in [0, 0.05) is 19.0 Å². The molecule has 0 radical (unpaired) electrons. The zero-order chi connectivity index (χ0) is 17.6. The minimum Gasteiger partial charge on any atom is -0.492 e. The van der Waals surface area contributed by atoms with Crippen molar-refractivity contribution in [1.29, 1.82) is 0 Å². The Balaban J connectivity index is 1.41.